The fraction of sp³-hybridized carbons (Fsp3) is 0.429. The summed E-state index contributed by atoms with van der Waals surface area (Å²) in [5.41, 5.74) is 2.32. The van der Waals surface area contributed by atoms with Gasteiger partial charge in [-0.15, -0.1) is 0 Å². The van der Waals surface area contributed by atoms with Crippen molar-refractivity contribution in [2.24, 2.45) is 0 Å². The second-order valence-electron chi connectivity index (χ2n) is 6.27. The normalized spacial score (nSPS) is 12.2. The Labute approximate surface area is 151 Å². The first-order valence-electron chi connectivity index (χ1n) is 8.81. The van der Waals surface area contributed by atoms with Gasteiger partial charge in [0.2, 0.25) is 0 Å². The average Bonchev–Trinajstić information content (AvgIpc) is 2.62. The van der Waals surface area contributed by atoms with Crippen LogP contribution in [0.1, 0.15) is 24.5 Å². The zero-order valence-electron chi connectivity index (χ0n) is 15.4. The van der Waals surface area contributed by atoms with Gasteiger partial charge in [-0.25, -0.2) is 0 Å². The standard InChI is InChI=1S/C21H29NO3/c1-4-12-22(16-19(23)13-17-8-6-5-7-9-17)15-18-10-11-20(24-2)21(14-18)25-3/h5-11,14,19,23H,4,12-13,15-16H2,1-3H3/t19-/m1/s1. The van der Waals surface area contributed by atoms with Crippen molar-refractivity contribution in [1.82, 2.24) is 4.90 Å². The smallest absolute Gasteiger partial charge is 0.161 e. The lowest BCUT2D eigenvalue weighted by Crippen LogP contribution is -2.33. The monoisotopic (exact) mass is 343 g/mol. The molecule has 0 radical (unpaired) electrons. The Bertz CT molecular complexity index is 630. The van der Waals surface area contributed by atoms with Gasteiger partial charge in [0.1, 0.15) is 0 Å². The molecule has 1 N–H and O–H groups in total. The molecule has 4 heteroatoms. The van der Waals surface area contributed by atoms with E-state index in [0.717, 1.165) is 42.1 Å². The zero-order valence-corrected chi connectivity index (χ0v) is 15.4. The number of aliphatic hydroxyl groups is 1. The molecule has 4 nitrogen and oxygen atoms in total. The quantitative estimate of drug-likeness (QED) is 0.717. The Balaban J connectivity index is 2.00. The predicted molar refractivity (Wildman–Crippen MR) is 101 cm³/mol. The van der Waals surface area contributed by atoms with E-state index in [2.05, 4.69) is 24.0 Å². The maximum Gasteiger partial charge on any atom is 0.161 e. The molecule has 25 heavy (non-hydrogen) atoms. The lowest BCUT2D eigenvalue weighted by atomic mass is 10.1. The average molecular weight is 343 g/mol. The topological polar surface area (TPSA) is 41.9 Å². The molecule has 2 aromatic rings. The first kappa shape index (κ1) is 19.3. The number of hydrogen-bond acceptors (Lipinski definition) is 4. The van der Waals surface area contributed by atoms with Crippen LogP contribution in [0.15, 0.2) is 48.5 Å². The summed E-state index contributed by atoms with van der Waals surface area (Å²) in [4.78, 5) is 2.29. The van der Waals surface area contributed by atoms with Gasteiger partial charge in [-0.3, -0.25) is 4.90 Å². The lowest BCUT2D eigenvalue weighted by molar-refractivity contribution is 0.108. The molecule has 0 spiro atoms. The van der Waals surface area contributed by atoms with Crippen molar-refractivity contribution in [2.45, 2.75) is 32.4 Å². The van der Waals surface area contributed by atoms with Gasteiger partial charge in [-0.05, 0) is 42.6 Å². The van der Waals surface area contributed by atoms with Gasteiger partial charge in [0.15, 0.2) is 11.5 Å². The van der Waals surface area contributed by atoms with Gasteiger partial charge in [-0.2, -0.15) is 0 Å². The minimum absolute atomic E-state index is 0.380. The second-order valence-corrected chi connectivity index (χ2v) is 6.27. The minimum atomic E-state index is -0.380. The molecule has 0 saturated carbocycles. The first-order chi connectivity index (χ1) is 12.2. The number of hydrogen-bond donors (Lipinski definition) is 1. The van der Waals surface area contributed by atoms with Gasteiger partial charge in [0.05, 0.1) is 20.3 Å². The van der Waals surface area contributed by atoms with E-state index in [-0.39, 0.29) is 6.10 Å². The van der Waals surface area contributed by atoms with Crippen LogP contribution in [-0.4, -0.2) is 43.4 Å². The number of ether oxygens (including phenoxy) is 2. The highest BCUT2D eigenvalue weighted by atomic mass is 16.5. The third kappa shape index (κ3) is 6.07. The maximum atomic E-state index is 10.5. The number of aliphatic hydroxyl groups excluding tert-OH is 1. The molecular formula is C21H29NO3. The van der Waals surface area contributed by atoms with Crippen LogP contribution in [0.5, 0.6) is 11.5 Å². The Morgan fingerprint density at radius 2 is 1.68 bits per heavy atom. The van der Waals surface area contributed by atoms with E-state index in [1.807, 2.05) is 36.4 Å². The van der Waals surface area contributed by atoms with Crippen LogP contribution in [0, 0.1) is 0 Å². The molecule has 2 rings (SSSR count). The van der Waals surface area contributed by atoms with Crippen molar-refractivity contribution < 1.29 is 14.6 Å². The fourth-order valence-corrected chi connectivity index (χ4v) is 3.04. The van der Waals surface area contributed by atoms with Crippen molar-refractivity contribution in [3.8, 4) is 11.5 Å². The zero-order chi connectivity index (χ0) is 18.1. The van der Waals surface area contributed by atoms with Crippen LogP contribution >= 0.6 is 0 Å². The van der Waals surface area contributed by atoms with E-state index < -0.39 is 0 Å². The highest BCUT2D eigenvalue weighted by Crippen LogP contribution is 2.28. The van der Waals surface area contributed by atoms with E-state index in [1.165, 1.54) is 0 Å². The van der Waals surface area contributed by atoms with Gasteiger partial charge in [-0.1, -0.05) is 43.3 Å². The summed E-state index contributed by atoms with van der Waals surface area (Å²) in [6, 6.07) is 16.1. The van der Waals surface area contributed by atoms with Crippen LogP contribution in [0.3, 0.4) is 0 Å². The summed E-state index contributed by atoms with van der Waals surface area (Å²) in [5.74, 6) is 1.47. The summed E-state index contributed by atoms with van der Waals surface area (Å²) in [6.45, 7) is 4.53. The third-order valence-electron chi connectivity index (χ3n) is 4.18. The molecule has 0 fully saturated rings. The van der Waals surface area contributed by atoms with Crippen molar-refractivity contribution in [3.63, 3.8) is 0 Å². The van der Waals surface area contributed by atoms with Crippen LogP contribution in [0.25, 0.3) is 0 Å². The van der Waals surface area contributed by atoms with Crippen LogP contribution in [0.4, 0.5) is 0 Å². The summed E-state index contributed by atoms with van der Waals surface area (Å²) in [5, 5.41) is 10.5. The molecule has 0 unspecified atom stereocenters. The first-order valence-corrected chi connectivity index (χ1v) is 8.81. The Kier molecular flexibility index (Phi) is 7.76. The molecule has 0 aliphatic carbocycles. The van der Waals surface area contributed by atoms with E-state index >= 15 is 0 Å². The predicted octanol–water partition coefficient (Wildman–Crippen LogP) is 3.52. The molecular weight excluding hydrogens is 314 g/mol. The highest BCUT2D eigenvalue weighted by molar-refractivity contribution is 5.42. The van der Waals surface area contributed by atoms with Crippen LogP contribution < -0.4 is 9.47 Å². The number of nitrogens with zero attached hydrogens (tertiary/aromatic N) is 1. The number of rotatable bonds is 10. The molecule has 0 amide bonds. The summed E-state index contributed by atoms with van der Waals surface area (Å²) < 4.78 is 10.7. The second kappa shape index (κ2) is 10.1. The largest absolute Gasteiger partial charge is 0.493 e. The SMILES string of the molecule is CCCN(Cc1ccc(OC)c(OC)c1)C[C@H](O)Cc1ccccc1. The maximum absolute atomic E-state index is 10.5. The molecule has 0 heterocycles. The van der Waals surface area contributed by atoms with Crippen LogP contribution in [0.2, 0.25) is 0 Å². The molecule has 0 aromatic heterocycles. The number of methoxy groups -OCH3 is 2. The lowest BCUT2D eigenvalue weighted by Gasteiger charge is -2.25. The van der Waals surface area contributed by atoms with E-state index in [4.69, 9.17) is 9.47 Å². The molecule has 0 aliphatic heterocycles. The van der Waals surface area contributed by atoms with Gasteiger partial charge >= 0.3 is 0 Å². The van der Waals surface area contributed by atoms with Crippen molar-refractivity contribution in [1.29, 1.82) is 0 Å². The summed E-state index contributed by atoms with van der Waals surface area (Å²) in [6.07, 6.45) is 1.34. The van der Waals surface area contributed by atoms with Crippen molar-refractivity contribution >= 4 is 0 Å². The van der Waals surface area contributed by atoms with Gasteiger partial charge in [0, 0.05) is 13.1 Å². The van der Waals surface area contributed by atoms with Gasteiger partial charge in [0.25, 0.3) is 0 Å². The fourth-order valence-electron chi connectivity index (χ4n) is 3.04. The Morgan fingerprint density at radius 1 is 0.960 bits per heavy atom. The molecule has 0 bridgehead atoms. The van der Waals surface area contributed by atoms with Crippen LogP contribution in [-0.2, 0) is 13.0 Å². The van der Waals surface area contributed by atoms with Crippen molar-refractivity contribution in [3.05, 3.63) is 59.7 Å². The van der Waals surface area contributed by atoms with E-state index in [9.17, 15) is 5.11 Å². The Morgan fingerprint density at radius 3 is 2.32 bits per heavy atom. The molecule has 0 aliphatic rings. The molecule has 136 valence electrons. The van der Waals surface area contributed by atoms with E-state index in [0.29, 0.717) is 13.0 Å². The van der Waals surface area contributed by atoms with E-state index in [1.54, 1.807) is 14.2 Å². The highest BCUT2D eigenvalue weighted by Gasteiger charge is 2.14. The summed E-state index contributed by atoms with van der Waals surface area (Å²) in [7, 11) is 3.29. The molecule has 0 saturated heterocycles. The van der Waals surface area contributed by atoms with Gasteiger partial charge < -0.3 is 14.6 Å². The minimum Gasteiger partial charge on any atom is -0.493 e. The Hall–Kier alpha value is -2.04. The number of benzene rings is 2. The summed E-state index contributed by atoms with van der Waals surface area (Å²) >= 11 is 0. The third-order valence-corrected chi connectivity index (χ3v) is 4.18. The molecule has 2 aromatic carbocycles. The van der Waals surface area contributed by atoms with Crippen molar-refractivity contribution in [2.75, 3.05) is 27.3 Å². The molecule has 1 atom stereocenters.